The van der Waals surface area contributed by atoms with E-state index in [1.807, 2.05) is 11.5 Å². The summed E-state index contributed by atoms with van der Waals surface area (Å²) < 4.78 is 17.1. The zero-order chi connectivity index (χ0) is 24.5. The van der Waals surface area contributed by atoms with Crippen molar-refractivity contribution in [2.24, 2.45) is 0 Å². The molecule has 3 rings (SSSR count). The largest absolute Gasteiger partial charge is 0.356 e. The standard InChI is InChI=1S/C25H34FN5O3/c1-3-5-9-17-30-20(12-13-21(32)27-15-14-18-10-7-8-11-19(18)26)28-23-22(30)24(33)29-25(34)31(23)16-6-4-2/h7-8,10-11H,3-6,9,12-17H2,1-2H3,(H,27,32)(H,29,33,34). The third-order valence-electron chi connectivity index (χ3n) is 5.94. The zero-order valence-corrected chi connectivity index (χ0v) is 20.0. The van der Waals surface area contributed by atoms with Crippen LogP contribution in [0.5, 0.6) is 0 Å². The van der Waals surface area contributed by atoms with Crippen LogP contribution in [0.3, 0.4) is 0 Å². The van der Waals surface area contributed by atoms with Gasteiger partial charge >= 0.3 is 5.69 Å². The Bertz CT molecular complexity index is 1230. The first-order valence-electron chi connectivity index (χ1n) is 12.2. The number of aromatic nitrogens is 4. The lowest BCUT2D eigenvalue weighted by Gasteiger charge is -2.09. The molecular weight excluding hydrogens is 437 g/mol. The van der Waals surface area contributed by atoms with Gasteiger partial charge in [0, 0.05) is 32.5 Å². The van der Waals surface area contributed by atoms with Gasteiger partial charge < -0.3 is 9.88 Å². The Morgan fingerprint density at radius 3 is 2.50 bits per heavy atom. The maximum atomic E-state index is 13.8. The number of unbranched alkanes of at least 4 members (excludes halogenated alkanes) is 3. The quantitative estimate of drug-likeness (QED) is 0.374. The molecule has 0 radical (unpaired) electrons. The fraction of sp³-hybridized carbons (Fsp3) is 0.520. The highest BCUT2D eigenvalue weighted by Gasteiger charge is 2.19. The molecule has 0 spiro atoms. The van der Waals surface area contributed by atoms with Crippen molar-refractivity contribution >= 4 is 17.1 Å². The smallest absolute Gasteiger partial charge is 0.330 e. The Labute approximate surface area is 198 Å². The SMILES string of the molecule is CCCCCn1c(CCC(=O)NCCc2ccccc2F)nc2c1c(=O)[nH]c(=O)n2CCCC. The molecule has 0 aliphatic carbocycles. The maximum absolute atomic E-state index is 13.8. The Morgan fingerprint density at radius 1 is 1.03 bits per heavy atom. The van der Waals surface area contributed by atoms with Crippen molar-refractivity contribution in [2.45, 2.75) is 78.3 Å². The summed E-state index contributed by atoms with van der Waals surface area (Å²) in [7, 11) is 0. The van der Waals surface area contributed by atoms with Gasteiger partial charge in [-0.25, -0.2) is 14.2 Å². The predicted molar refractivity (Wildman–Crippen MR) is 130 cm³/mol. The van der Waals surface area contributed by atoms with E-state index in [4.69, 9.17) is 0 Å². The molecule has 0 atom stereocenters. The van der Waals surface area contributed by atoms with Crippen LogP contribution >= 0.6 is 0 Å². The highest BCUT2D eigenvalue weighted by Crippen LogP contribution is 2.15. The maximum Gasteiger partial charge on any atom is 0.330 e. The van der Waals surface area contributed by atoms with Crippen molar-refractivity contribution in [3.05, 3.63) is 62.3 Å². The molecule has 0 aliphatic heterocycles. The average Bonchev–Trinajstić information content (AvgIpc) is 3.18. The highest BCUT2D eigenvalue weighted by atomic mass is 19.1. The van der Waals surface area contributed by atoms with Crippen molar-refractivity contribution in [3.8, 4) is 0 Å². The second-order valence-corrected chi connectivity index (χ2v) is 8.51. The number of rotatable bonds is 13. The summed E-state index contributed by atoms with van der Waals surface area (Å²) in [6.07, 6.45) is 5.55. The summed E-state index contributed by atoms with van der Waals surface area (Å²) in [5.74, 6) is 0.175. The van der Waals surface area contributed by atoms with E-state index in [2.05, 4.69) is 22.2 Å². The fourth-order valence-electron chi connectivity index (χ4n) is 4.04. The van der Waals surface area contributed by atoms with Crippen LogP contribution < -0.4 is 16.6 Å². The highest BCUT2D eigenvalue weighted by molar-refractivity contribution is 5.76. The number of amides is 1. The molecule has 9 heteroatoms. The Hall–Kier alpha value is -3.23. The number of H-pyrrole nitrogens is 1. The topological polar surface area (TPSA) is 102 Å². The number of aryl methyl sites for hydroxylation is 3. The average molecular weight is 472 g/mol. The van der Waals surface area contributed by atoms with Crippen molar-refractivity contribution in [1.82, 2.24) is 24.4 Å². The zero-order valence-electron chi connectivity index (χ0n) is 20.0. The first-order valence-corrected chi connectivity index (χ1v) is 12.2. The molecule has 2 heterocycles. The molecule has 0 fully saturated rings. The molecule has 1 aromatic carbocycles. The molecular formula is C25H34FN5O3. The number of imidazole rings is 1. The van der Waals surface area contributed by atoms with Crippen molar-refractivity contribution in [2.75, 3.05) is 6.54 Å². The van der Waals surface area contributed by atoms with Crippen molar-refractivity contribution in [1.29, 1.82) is 0 Å². The van der Waals surface area contributed by atoms with Crippen LogP contribution in [-0.4, -0.2) is 31.6 Å². The number of aromatic amines is 1. The number of nitrogens with one attached hydrogen (secondary N) is 2. The number of carbonyl (C=O) groups excluding carboxylic acids is 1. The summed E-state index contributed by atoms with van der Waals surface area (Å²) in [5, 5.41) is 2.83. The van der Waals surface area contributed by atoms with E-state index < -0.39 is 11.2 Å². The number of halogens is 1. The number of hydrogen-bond acceptors (Lipinski definition) is 4. The molecule has 2 N–H and O–H groups in total. The van der Waals surface area contributed by atoms with Crippen LogP contribution in [0.2, 0.25) is 0 Å². The molecule has 8 nitrogen and oxygen atoms in total. The predicted octanol–water partition coefficient (Wildman–Crippen LogP) is 3.31. The van der Waals surface area contributed by atoms with Crippen molar-refractivity contribution in [3.63, 3.8) is 0 Å². The first-order chi connectivity index (χ1) is 16.5. The van der Waals surface area contributed by atoms with Gasteiger partial charge in [0.25, 0.3) is 5.56 Å². The Balaban J connectivity index is 1.76. The van der Waals surface area contributed by atoms with Crippen LogP contribution in [0.25, 0.3) is 11.2 Å². The Kier molecular flexibility index (Phi) is 9.18. The van der Waals surface area contributed by atoms with Crippen LogP contribution in [0.15, 0.2) is 33.9 Å². The van der Waals surface area contributed by atoms with E-state index in [1.165, 1.54) is 10.6 Å². The molecule has 0 saturated heterocycles. The van der Waals surface area contributed by atoms with E-state index in [0.717, 1.165) is 32.1 Å². The van der Waals surface area contributed by atoms with E-state index >= 15 is 0 Å². The van der Waals surface area contributed by atoms with Gasteiger partial charge in [0.2, 0.25) is 5.91 Å². The number of carbonyl (C=O) groups is 1. The lowest BCUT2D eigenvalue weighted by atomic mass is 10.1. The molecule has 0 bridgehead atoms. The van der Waals surface area contributed by atoms with Crippen LogP contribution in [-0.2, 0) is 30.7 Å². The second-order valence-electron chi connectivity index (χ2n) is 8.51. The number of benzene rings is 1. The number of hydrogen-bond donors (Lipinski definition) is 2. The van der Waals surface area contributed by atoms with Crippen LogP contribution in [0.1, 0.15) is 63.8 Å². The van der Waals surface area contributed by atoms with Gasteiger partial charge in [-0.1, -0.05) is 51.3 Å². The monoisotopic (exact) mass is 471 g/mol. The number of fused-ring (bicyclic) bond motifs is 1. The minimum absolute atomic E-state index is 0.166. The molecule has 2 aromatic heterocycles. The lowest BCUT2D eigenvalue weighted by Crippen LogP contribution is -2.31. The molecule has 1 amide bonds. The minimum atomic E-state index is -0.457. The van der Waals surface area contributed by atoms with E-state index in [1.54, 1.807) is 18.2 Å². The second kappa shape index (κ2) is 12.3. The van der Waals surface area contributed by atoms with Crippen molar-refractivity contribution < 1.29 is 9.18 Å². The van der Waals surface area contributed by atoms with Gasteiger partial charge in [-0.2, -0.15) is 0 Å². The molecule has 184 valence electrons. The number of nitrogens with zero attached hydrogens (tertiary/aromatic N) is 3. The first kappa shape index (κ1) is 25.4. The minimum Gasteiger partial charge on any atom is -0.356 e. The van der Waals surface area contributed by atoms with E-state index in [0.29, 0.717) is 55.0 Å². The van der Waals surface area contributed by atoms with Gasteiger partial charge in [-0.05, 0) is 30.9 Å². The summed E-state index contributed by atoms with van der Waals surface area (Å²) in [6, 6.07) is 6.51. The molecule has 34 heavy (non-hydrogen) atoms. The van der Waals surface area contributed by atoms with Crippen LogP contribution in [0, 0.1) is 5.82 Å². The molecule has 3 aromatic rings. The lowest BCUT2D eigenvalue weighted by molar-refractivity contribution is -0.121. The van der Waals surface area contributed by atoms with Gasteiger partial charge in [0.05, 0.1) is 0 Å². The van der Waals surface area contributed by atoms with Gasteiger partial charge in [-0.3, -0.25) is 19.1 Å². The third-order valence-corrected chi connectivity index (χ3v) is 5.94. The summed E-state index contributed by atoms with van der Waals surface area (Å²) >= 11 is 0. The van der Waals surface area contributed by atoms with E-state index in [-0.39, 0.29) is 18.1 Å². The molecule has 0 saturated carbocycles. The molecule has 0 unspecified atom stereocenters. The Morgan fingerprint density at radius 2 is 1.76 bits per heavy atom. The molecule has 0 aliphatic rings. The van der Waals surface area contributed by atoms with Gasteiger partial charge in [-0.15, -0.1) is 0 Å². The fourth-order valence-corrected chi connectivity index (χ4v) is 4.04. The summed E-state index contributed by atoms with van der Waals surface area (Å²) in [6.45, 7) is 5.55. The van der Waals surface area contributed by atoms with Crippen LogP contribution in [0.4, 0.5) is 4.39 Å². The normalized spacial score (nSPS) is 11.3. The summed E-state index contributed by atoms with van der Waals surface area (Å²) in [5.41, 5.74) is 0.430. The van der Waals surface area contributed by atoms with Gasteiger partial charge in [0.15, 0.2) is 11.2 Å². The van der Waals surface area contributed by atoms with E-state index in [9.17, 15) is 18.8 Å². The van der Waals surface area contributed by atoms with Gasteiger partial charge in [0.1, 0.15) is 11.6 Å². The summed E-state index contributed by atoms with van der Waals surface area (Å²) in [4.78, 5) is 44.7. The third kappa shape index (κ3) is 6.21.